The first kappa shape index (κ1) is 15.3. The first-order valence-electron chi connectivity index (χ1n) is 7.03. The third kappa shape index (κ3) is 3.12. The van der Waals surface area contributed by atoms with Crippen LogP contribution in [0.3, 0.4) is 0 Å². The predicted octanol–water partition coefficient (Wildman–Crippen LogP) is 2.15. The molecule has 0 spiro atoms. The van der Waals surface area contributed by atoms with Crippen LogP contribution in [0.1, 0.15) is 16.2 Å². The SMILES string of the molecule is Cn1nc(C(=O)NCCc2ccco2)c(=O)c2cc(Cl)ccc21. The number of rotatable bonds is 4. The Kier molecular flexibility index (Phi) is 4.16. The van der Waals surface area contributed by atoms with Crippen molar-refractivity contribution in [2.45, 2.75) is 6.42 Å². The molecular formula is C16H14ClN3O3. The van der Waals surface area contributed by atoms with Crippen molar-refractivity contribution >= 4 is 28.4 Å². The second-order valence-corrected chi connectivity index (χ2v) is 5.48. The number of halogens is 1. The number of nitrogens with zero attached hydrogens (tertiary/aromatic N) is 2. The molecule has 0 fully saturated rings. The molecule has 7 heteroatoms. The van der Waals surface area contributed by atoms with E-state index in [1.807, 2.05) is 6.07 Å². The van der Waals surface area contributed by atoms with Crippen molar-refractivity contribution in [2.24, 2.45) is 7.05 Å². The van der Waals surface area contributed by atoms with Crippen LogP contribution in [0.15, 0.2) is 45.8 Å². The Morgan fingerprint density at radius 2 is 2.22 bits per heavy atom. The normalized spacial score (nSPS) is 10.9. The van der Waals surface area contributed by atoms with E-state index in [1.165, 1.54) is 4.68 Å². The van der Waals surface area contributed by atoms with Gasteiger partial charge in [-0.3, -0.25) is 14.3 Å². The number of fused-ring (bicyclic) bond motifs is 1. The first-order valence-corrected chi connectivity index (χ1v) is 7.41. The molecule has 23 heavy (non-hydrogen) atoms. The van der Waals surface area contributed by atoms with Crippen molar-refractivity contribution in [3.8, 4) is 0 Å². The molecule has 0 bridgehead atoms. The average Bonchev–Trinajstić information content (AvgIpc) is 3.04. The minimum Gasteiger partial charge on any atom is -0.469 e. The van der Waals surface area contributed by atoms with Crippen LogP contribution < -0.4 is 10.7 Å². The van der Waals surface area contributed by atoms with Gasteiger partial charge in [0.2, 0.25) is 5.43 Å². The molecule has 0 saturated carbocycles. The van der Waals surface area contributed by atoms with E-state index < -0.39 is 11.3 Å². The summed E-state index contributed by atoms with van der Waals surface area (Å²) >= 11 is 5.94. The maximum atomic E-state index is 12.5. The van der Waals surface area contributed by atoms with Gasteiger partial charge in [0.25, 0.3) is 5.91 Å². The van der Waals surface area contributed by atoms with Crippen LogP contribution in [0.5, 0.6) is 0 Å². The number of carbonyl (C=O) groups excluding carboxylic acids is 1. The number of carbonyl (C=O) groups is 1. The molecule has 0 aliphatic heterocycles. The van der Waals surface area contributed by atoms with Crippen molar-refractivity contribution in [1.82, 2.24) is 15.1 Å². The smallest absolute Gasteiger partial charge is 0.275 e. The lowest BCUT2D eigenvalue weighted by Crippen LogP contribution is -2.32. The molecule has 0 atom stereocenters. The highest BCUT2D eigenvalue weighted by atomic mass is 35.5. The molecule has 2 heterocycles. The molecule has 2 aromatic heterocycles. The summed E-state index contributed by atoms with van der Waals surface area (Å²) in [7, 11) is 1.68. The molecule has 118 valence electrons. The lowest BCUT2D eigenvalue weighted by molar-refractivity contribution is 0.0946. The Hall–Kier alpha value is -2.60. The maximum absolute atomic E-state index is 12.5. The maximum Gasteiger partial charge on any atom is 0.275 e. The molecule has 0 radical (unpaired) electrons. The minimum atomic E-state index is -0.515. The summed E-state index contributed by atoms with van der Waals surface area (Å²) in [6.45, 7) is 0.352. The van der Waals surface area contributed by atoms with Gasteiger partial charge in [-0.2, -0.15) is 5.10 Å². The summed E-state index contributed by atoms with van der Waals surface area (Å²) in [5.74, 6) is 0.246. The van der Waals surface area contributed by atoms with Crippen LogP contribution in [0.25, 0.3) is 10.9 Å². The largest absolute Gasteiger partial charge is 0.469 e. The highest BCUT2D eigenvalue weighted by molar-refractivity contribution is 6.31. The summed E-state index contributed by atoms with van der Waals surface area (Å²) in [4.78, 5) is 24.7. The Morgan fingerprint density at radius 3 is 2.96 bits per heavy atom. The third-order valence-corrected chi connectivity index (χ3v) is 3.70. The van der Waals surface area contributed by atoms with Gasteiger partial charge in [0.1, 0.15) is 5.76 Å². The van der Waals surface area contributed by atoms with Gasteiger partial charge in [0.05, 0.1) is 17.2 Å². The number of nitrogens with one attached hydrogen (secondary N) is 1. The number of hydrogen-bond donors (Lipinski definition) is 1. The zero-order valence-corrected chi connectivity index (χ0v) is 13.1. The zero-order valence-electron chi connectivity index (χ0n) is 12.4. The number of aromatic nitrogens is 2. The number of aryl methyl sites for hydroxylation is 1. The van der Waals surface area contributed by atoms with Crippen molar-refractivity contribution in [3.05, 3.63) is 63.3 Å². The molecule has 1 aromatic carbocycles. The molecule has 3 rings (SSSR count). The summed E-state index contributed by atoms with van der Waals surface area (Å²) in [6.07, 6.45) is 2.11. The lowest BCUT2D eigenvalue weighted by Gasteiger charge is -2.08. The van der Waals surface area contributed by atoms with E-state index in [0.717, 1.165) is 5.76 Å². The van der Waals surface area contributed by atoms with Crippen LogP contribution in [0.4, 0.5) is 0 Å². The van der Waals surface area contributed by atoms with Gasteiger partial charge in [0, 0.05) is 25.0 Å². The minimum absolute atomic E-state index is 0.151. The third-order valence-electron chi connectivity index (χ3n) is 3.47. The quantitative estimate of drug-likeness (QED) is 0.794. The first-order chi connectivity index (χ1) is 11.1. The van der Waals surface area contributed by atoms with E-state index >= 15 is 0 Å². The fourth-order valence-corrected chi connectivity index (χ4v) is 2.51. The number of furan rings is 1. The fourth-order valence-electron chi connectivity index (χ4n) is 2.34. The van der Waals surface area contributed by atoms with Gasteiger partial charge in [0.15, 0.2) is 5.69 Å². The Morgan fingerprint density at radius 1 is 1.39 bits per heavy atom. The molecular weight excluding hydrogens is 318 g/mol. The molecule has 0 aliphatic rings. The Balaban J connectivity index is 1.85. The summed E-state index contributed by atoms with van der Waals surface area (Å²) in [6, 6.07) is 8.52. The van der Waals surface area contributed by atoms with E-state index in [0.29, 0.717) is 28.9 Å². The van der Waals surface area contributed by atoms with Gasteiger partial charge in [-0.05, 0) is 30.3 Å². The van der Waals surface area contributed by atoms with Gasteiger partial charge in [-0.1, -0.05) is 11.6 Å². The van der Waals surface area contributed by atoms with Crippen molar-refractivity contribution in [1.29, 1.82) is 0 Å². The average molecular weight is 332 g/mol. The van der Waals surface area contributed by atoms with E-state index in [-0.39, 0.29) is 5.69 Å². The molecule has 0 saturated heterocycles. The van der Waals surface area contributed by atoms with Crippen LogP contribution >= 0.6 is 11.6 Å². The van der Waals surface area contributed by atoms with Gasteiger partial charge in [-0.25, -0.2) is 0 Å². The van der Waals surface area contributed by atoms with Crippen LogP contribution in [-0.2, 0) is 13.5 Å². The monoisotopic (exact) mass is 331 g/mol. The summed E-state index contributed by atoms with van der Waals surface area (Å²) in [5, 5.41) is 7.55. The molecule has 1 amide bonds. The molecule has 0 unspecified atom stereocenters. The van der Waals surface area contributed by atoms with Crippen molar-refractivity contribution in [3.63, 3.8) is 0 Å². The van der Waals surface area contributed by atoms with Crippen LogP contribution in [0.2, 0.25) is 5.02 Å². The summed E-state index contributed by atoms with van der Waals surface area (Å²) < 4.78 is 6.68. The van der Waals surface area contributed by atoms with Crippen LogP contribution in [0, 0.1) is 0 Å². The van der Waals surface area contributed by atoms with E-state index in [9.17, 15) is 9.59 Å². The molecule has 3 aromatic rings. The van der Waals surface area contributed by atoms with E-state index in [4.69, 9.17) is 16.0 Å². The standard InChI is InChI=1S/C16H14ClN3O3/c1-20-13-5-4-10(17)9-12(13)15(21)14(19-20)16(22)18-7-6-11-3-2-8-23-11/h2-5,8-9H,6-7H2,1H3,(H,18,22). The Labute approximate surface area is 136 Å². The molecule has 0 aliphatic carbocycles. The topological polar surface area (TPSA) is 77.1 Å². The fraction of sp³-hybridized carbons (Fsp3) is 0.188. The molecule has 6 nitrogen and oxygen atoms in total. The van der Waals surface area contributed by atoms with Gasteiger partial charge < -0.3 is 9.73 Å². The van der Waals surface area contributed by atoms with Gasteiger partial charge >= 0.3 is 0 Å². The Bertz CT molecular complexity index is 916. The number of hydrogen-bond acceptors (Lipinski definition) is 4. The van der Waals surface area contributed by atoms with Gasteiger partial charge in [-0.15, -0.1) is 0 Å². The van der Waals surface area contributed by atoms with E-state index in [1.54, 1.807) is 37.6 Å². The second kappa shape index (κ2) is 6.26. The lowest BCUT2D eigenvalue weighted by atomic mass is 10.2. The number of amides is 1. The molecule has 1 N–H and O–H groups in total. The highest BCUT2D eigenvalue weighted by Crippen LogP contribution is 2.15. The second-order valence-electron chi connectivity index (χ2n) is 5.05. The van der Waals surface area contributed by atoms with Crippen molar-refractivity contribution in [2.75, 3.05) is 6.54 Å². The van der Waals surface area contributed by atoms with Crippen LogP contribution in [-0.4, -0.2) is 22.2 Å². The predicted molar refractivity (Wildman–Crippen MR) is 86.7 cm³/mol. The summed E-state index contributed by atoms with van der Waals surface area (Å²) in [5.41, 5.74) is 0.0318. The van der Waals surface area contributed by atoms with E-state index in [2.05, 4.69) is 10.4 Å². The highest BCUT2D eigenvalue weighted by Gasteiger charge is 2.16. The van der Waals surface area contributed by atoms with Crippen molar-refractivity contribution < 1.29 is 9.21 Å². The number of benzene rings is 1. The zero-order chi connectivity index (χ0) is 16.4.